The normalized spacial score (nSPS) is 21.4. The molecule has 0 atom stereocenters. The quantitative estimate of drug-likeness (QED) is 0.545. The topological polar surface area (TPSA) is 49.7 Å². The maximum Gasteiger partial charge on any atom is 0.153 e. The largest absolute Gasteiger partial charge is 0.370 e. The average molecular weight is 242 g/mol. The van der Waals surface area contributed by atoms with E-state index in [2.05, 4.69) is 11.6 Å². The molecule has 0 radical (unpaired) electrons. The van der Waals surface area contributed by atoms with Gasteiger partial charge in [0.05, 0.1) is 11.5 Å². The number of rotatable bonds is 3. The molecule has 0 saturated carbocycles. The molecule has 0 spiro atoms. The van der Waals surface area contributed by atoms with Gasteiger partial charge in [-0.3, -0.25) is 4.99 Å². The molecule has 1 heterocycles. The molecule has 0 aliphatic carbocycles. The molecular formula is C11H18N2O2S. The molecule has 5 heteroatoms. The zero-order chi connectivity index (χ0) is 12.2. The lowest BCUT2D eigenvalue weighted by Crippen LogP contribution is -2.38. The van der Waals surface area contributed by atoms with Crippen LogP contribution in [-0.2, 0) is 9.84 Å². The molecule has 0 unspecified atom stereocenters. The van der Waals surface area contributed by atoms with Crippen molar-refractivity contribution in [2.45, 2.75) is 6.92 Å². The van der Waals surface area contributed by atoms with Crippen molar-refractivity contribution in [3.05, 3.63) is 24.4 Å². The van der Waals surface area contributed by atoms with Crippen LogP contribution in [-0.4, -0.2) is 50.7 Å². The Kier molecular flexibility index (Phi) is 4.29. The monoisotopic (exact) mass is 242 g/mol. The predicted octanol–water partition coefficient (Wildman–Crippen LogP) is 0.877. The second-order valence-electron chi connectivity index (χ2n) is 3.83. The van der Waals surface area contributed by atoms with Crippen LogP contribution in [0.15, 0.2) is 29.4 Å². The molecule has 1 fully saturated rings. The summed E-state index contributed by atoms with van der Waals surface area (Å²) in [5.41, 5.74) is 1.77. The fourth-order valence-electron chi connectivity index (χ4n) is 1.40. The zero-order valence-corrected chi connectivity index (χ0v) is 10.6. The van der Waals surface area contributed by atoms with Crippen LogP contribution in [0.5, 0.6) is 0 Å². The second-order valence-corrected chi connectivity index (χ2v) is 6.13. The summed E-state index contributed by atoms with van der Waals surface area (Å²) in [5, 5.41) is 0. The zero-order valence-electron chi connectivity index (χ0n) is 9.81. The third kappa shape index (κ3) is 3.81. The smallest absolute Gasteiger partial charge is 0.153 e. The molecule has 4 nitrogen and oxygen atoms in total. The SMILES string of the molecule is C=C(/C=C\C(C)=NC)N1CCS(=O)(=O)CC1. The summed E-state index contributed by atoms with van der Waals surface area (Å²) in [6.45, 7) is 6.90. The average Bonchev–Trinajstić information content (AvgIpc) is 2.25. The Labute approximate surface area is 97.3 Å². The third-order valence-electron chi connectivity index (χ3n) is 2.62. The van der Waals surface area contributed by atoms with Crippen molar-refractivity contribution in [3.63, 3.8) is 0 Å². The van der Waals surface area contributed by atoms with Gasteiger partial charge < -0.3 is 4.90 Å². The van der Waals surface area contributed by atoms with E-state index in [0.29, 0.717) is 13.1 Å². The molecule has 16 heavy (non-hydrogen) atoms. The summed E-state index contributed by atoms with van der Waals surface area (Å²) in [6, 6.07) is 0. The highest BCUT2D eigenvalue weighted by molar-refractivity contribution is 7.91. The first-order valence-electron chi connectivity index (χ1n) is 5.20. The van der Waals surface area contributed by atoms with Crippen molar-refractivity contribution in [1.29, 1.82) is 0 Å². The number of allylic oxidation sites excluding steroid dienone is 2. The Morgan fingerprint density at radius 1 is 1.31 bits per heavy atom. The first kappa shape index (κ1) is 13.0. The van der Waals surface area contributed by atoms with Crippen molar-refractivity contribution in [2.24, 2.45) is 4.99 Å². The number of aliphatic imine (C=N–C) groups is 1. The molecule has 1 aliphatic rings. The third-order valence-corrected chi connectivity index (χ3v) is 4.23. The van der Waals surface area contributed by atoms with Gasteiger partial charge in [-0.15, -0.1) is 0 Å². The van der Waals surface area contributed by atoms with E-state index >= 15 is 0 Å². The van der Waals surface area contributed by atoms with Crippen LogP contribution in [0.4, 0.5) is 0 Å². The van der Waals surface area contributed by atoms with Gasteiger partial charge >= 0.3 is 0 Å². The molecule has 0 aromatic heterocycles. The Hall–Kier alpha value is -1.10. The molecular weight excluding hydrogens is 224 g/mol. The molecule has 0 aromatic rings. The van der Waals surface area contributed by atoms with E-state index in [1.165, 1.54) is 0 Å². The second kappa shape index (κ2) is 5.30. The Morgan fingerprint density at radius 2 is 1.88 bits per heavy atom. The highest BCUT2D eigenvalue weighted by Crippen LogP contribution is 2.10. The fourth-order valence-corrected chi connectivity index (χ4v) is 2.60. The number of nitrogens with zero attached hydrogens (tertiary/aromatic N) is 2. The van der Waals surface area contributed by atoms with Gasteiger partial charge in [-0.2, -0.15) is 0 Å². The molecule has 1 rings (SSSR count). The molecule has 0 bridgehead atoms. The van der Waals surface area contributed by atoms with Crippen LogP contribution >= 0.6 is 0 Å². The van der Waals surface area contributed by atoms with E-state index in [0.717, 1.165) is 11.4 Å². The van der Waals surface area contributed by atoms with Crippen LogP contribution in [0.25, 0.3) is 0 Å². The maximum atomic E-state index is 11.2. The number of hydrogen-bond donors (Lipinski definition) is 0. The van der Waals surface area contributed by atoms with Gasteiger partial charge in [0, 0.05) is 31.5 Å². The van der Waals surface area contributed by atoms with E-state index in [-0.39, 0.29) is 11.5 Å². The summed E-state index contributed by atoms with van der Waals surface area (Å²) in [4.78, 5) is 5.99. The van der Waals surface area contributed by atoms with Crippen molar-refractivity contribution in [1.82, 2.24) is 4.90 Å². The maximum absolute atomic E-state index is 11.2. The molecule has 0 amide bonds. The lowest BCUT2D eigenvalue weighted by Gasteiger charge is -2.28. The first-order chi connectivity index (χ1) is 7.44. The van der Waals surface area contributed by atoms with Crippen molar-refractivity contribution in [3.8, 4) is 0 Å². The predicted molar refractivity (Wildman–Crippen MR) is 67.5 cm³/mol. The van der Waals surface area contributed by atoms with Gasteiger partial charge in [0.2, 0.25) is 0 Å². The van der Waals surface area contributed by atoms with Crippen LogP contribution in [0.3, 0.4) is 0 Å². The van der Waals surface area contributed by atoms with Crippen molar-refractivity contribution in [2.75, 3.05) is 31.6 Å². The highest BCUT2D eigenvalue weighted by atomic mass is 32.2. The first-order valence-corrected chi connectivity index (χ1v) is 7.02. The standard InChI is InChI=1S/C11H18N2O2S/c1-10(12-3)4-5-11(2)13-6-8-16(14,15)9-7-13/h4-5H,2,6-9H2,1,3H3/b5-4-,12-10?. The van der Waals surface area contributed by atoms with Crippen LogP contribution in [0.2, 0.25) is 0 Å². The van der Waals surface area contributed by atoms with E-state index in [9.17, 15) is 8.42 Å². The van der Waals surface area contributed by atoms with Gasteiger partial charge in [0.15, 0.2) is 9.84 Å². The Morgan fingerprint density at radius 3 is 2.38 bits per heavy atom. The highest BCUT2D eigenvalue weighted by Gasteiger charge is 2.21. The van der Waals surface area contributed by atoms with E-state index in [1.807, 2.05) is 24.0 Å². The lowest BCUT2D eigenvalue weighted by atomic mass is 10.3. The van der Waals surface area contributed by atoms with Crippen LogP contribution in [0, 0.1) is 0 Å². The van der Waals surface area contributed by atoms with E-state index < -0.39 is 9.84 Å². The number of sulfone groups is 1. The Bertz CT molecular complexity index is 407. The van der Waals surface area contributed by atoms with Gasteiger partial charge in [-0.05, 0) is 19.1 Å². The molecule has 1 saturated heterocycles. The minimum absolute atomic E-state index is 0.223. The molecule has 0 N–H and O–H groups in total. The van der Waals surface area contributed by atoms with Crippen LogP contribution < -0.4 is 0 Å². The van der Waals surface area contributed by atoms with Crippen LogP contribution in [0.1, 0.15) is 6.92 Å². The summed E-state index contributed by atoms with van der Waals surface area (Å²) in [5.74, 6) is 0.446. The van der Waals surface area contributed by atoms with Gasteiger partial charge in [0.1, 0.15) is 0 Å². The van der Waals surface area contributed by atoms with E-state index in [4.69, 9.17) is 0 Å². The van der Waals surface area contributed by atoms with Gasteiger partial charge in [-0.1, -0.05) is 6.58 Å². The van der Waals surface area contributed by atoms with Crippen molar-refractivity contribution >= 4 is 15.5 Å². The summed E-state index contributed by atoms with van der Waals surface area (Å²) < 4.78 is 22.5. The molecule has 90 valence electrons. The Balaban J connectivity index is 2.55. The van der Waals surface area contributed by atoms with Crippen molar-refractivity contribution < 1.29 is 8.42 Å². The minimum Gasteiger partial charge on any atom is -0.370 e. The van der Waals surface area contributed by atoms with Gasteiger partial charge in [0.25, 0.3) is 0 Å². The fraction of sp³-hybridized carbons (Fsp3) is 0.545. The molecule has 0 aromatic carbocycles. The lowest BCUT2D eigenvalue weighted by molar-refractivity contribution is 0.381. The summed E-state index contributed by atoms with van der Waals surface area (Å²) in [6.07, 6.45) is 3.76. The van der Waals surface area contributed by atoms with Gasteiger partial charge in [-0.25, -0.2) is 8.42 Å². The summed E-state index contributed by atoms with van der Waals surface area (Å²) in [7, 11) is -1.08. The number of hydrogen-bond acceptors (Lipinski definition) is 4. The molecule has 1 aliphatic heterocycles. The summed E-state index contributed by atoms with van der Waals surface area (Å²) >= 11 is 0. The minimum atomic E-state index is -2.82. The van der Waals surface area contributed by atoms with E-state index in [1.54, 1.807) is 7.05 Å².